The number of rotatable bonds is 8. The SMILES string of the molecule is COc1ccccc1S(=O)(=O)NCc1ccc(C(=O)NC(C)c2ccccn2)cc1. The van der Waals surface area contributed by atoms with E-state index in [0.717, 1.165) is 11.3 Å². The molecule has 3 rings (SSSR count). The second-order valence-corrected chi connectivity index (χ2v) is 8.36. The number of methoxy groups -OCH3 is 1. The highest BCUT2D eigenvalue weighted by Gasteiger charge is 2.18. The molecule has 2 aromatic carbocycles. The molecular weight excluding hydrogens is 402 g/mol. The summed E-state index contributed by atoms with van der Waals surface area (Å²) in [7, 11) is -2.31. The van der Waals surface area contributed by atoms with Crippen LogP contribution in [0.5, 0.6) is 5.75 Å². The minimum atomic E-state index is -3.74. The van der Waals surface area contributed by atoms with Crippen LogP contribution in [0.3, 0.4) is 0 Å². The maximum atomic E-state index is 12.6. The van der Waals surface area contributed by atoms with E-state index in [4.69, 9.17) is 4.74 Å². The molecule has 0 bridgehead atoms. The Kier molecular flexibility index (Phi) is 6.81. The van der Waals surface area contributed by atoms with E-state index >= 15 is 0 Å². The number of carbonyl (C=O) groups is 1. The maximum absolute atomic E-state index is 12.6. The third-order valence-corrected chi connectivity index (χ3v) is 5.96. The van der Waals surface area contributed by atoms with Crippen molar-refractivity contribution in [2.75, 3.05) is 7.11 Å². The predicted octanol–water partition coefficient (Wildman–Crippen LogP) is 3.06. The van der Waals surface area contributed by atoms with E-state index in [1.807, 2.05) is 25.1 Å². The first-order valence-corrected chi connectivity index (χ1v) is 10.8. The molecule has 1 unspecified atom stereocenters. The molecule has 1 heterocycles. The third-order valence-electron chi connectivity index (χ3n) is 4.52. The van der Waals surface area contributed by atoms with E-state index in [0.29, 0.717) is 5.56 Å². The standard InChI is InChI=1S/C22H23N3O4S/c1-16(19-7-5-6-14-23-19)25-22(26)18-12-10-17(11-13-18)15-24-30(27,28)21-9-4-3-8-20(21)29-2/h3-14,16,24H,15H2,1-2H3,(H,25,26). The van der Waals surface area contributed by atoms with E-state index in [2.05, 4.69) is 15.0 Å². The van der Waals surface area contributed by atoms with E-state index in [9.17, 15) is 13.2 Å². The van der Waals surface area contributed by atoms with Crippen molar-refractivity contribution in [1.29, 1.82) is 0 Å². The molecule has 156 valence electrons. The van der Waals surface area contributed by atoms with Gasteiger partial charge in [-0.2, -0.15) is 0 Å². The lowest BCUT2D eigenvalue weighted by Gasteiger charge is -2.14. The minimum Gasteiger partial charge on any atom is -0.495 e. The van der Waals surface area contributed by atoms with Gasteiger partial charge in [-0.15, -0.1) is 0 Å². The highest BCUT2D eigenvalue weighted by atomic mass is 32.2. The lowest BCUT2D eigenvalue weighted by molar-refractivity contribution is 0.0939. The Morgan fingerprint density at radius 3 is 2.40 bits per heavy atom. The van der Waals surface area contributed by atoms with Crippen molar-refractivity contribution in [1.82, 2.24) is 15.0 Å². The van der Waals surface area contributed by atoms with Crippen molar-refractivity contribution in [3.8, 4) is 5.75 Å². The van der Waals surface area contributed by atoms with Gasteiger partial charge < -0.3 is 10.1 Å². The minimum absolute atomic E-state index is 0.0759. The summed E-state index contributed by atoms with van der Waals surface area (Å²) in [6.07, 6.45) is 1.68. The maximum Gasteiger partial charge on any atom is 0.251 e. The van der Waals surface area contributed by atoms with Gasteiger partial charge in [0.1, 0.15) is 10.6 Å². The number of amides is 1. The average molecular weight is 426 g/mol. The number of sulfonamides is 1. The van der Waals surface area contributed by atoms with Gasteiger partial charge in [-0.3, -0.25) is 9.78 Å². The molecule has 1 aromatic heterocycles. The van der Waals surface area contributed by atoms with Crippen LogP contribution in [0.25, 0.3) is 0 Å². The highest BCUT2D eigenvalue weighted by molar-refractivity contribution is 7.89. The number of benzene rings is 2. The van der Waals surface area contributed by atoms with E-state index in [1.165, 1.54) is 13.2 Å². The summed E-state index contributed by atoms with van der Waals surface area (Å²) in [6, 6.07) is 18.5. The zero-order chi connectivity index (χ0) is 21.6. The normalized spacial score (nSPS) is 12.2. The highest BCUT2D eigenvalue weighted by Crippen LogP contribution is 2.22. The molecule has 0 aliphatic heterocycles. The van der Waals surface area contributed by atoms with Gasteiger partial charge in [0.25, 0.3) is 5.91 Å². The Hall–Kier alpha value is -3.23. The van der Waals surface area contributed by atoms with Gasteiger partial charge in [-0.05, 0) is 48.9 Å². The molecule has 0 radical (unpaired) electrons. The number of nitrogens with zero attached hydrogens (tertiary/aromatic N) is 1. The Balaban J connectivity index is 1.62. The molecule has 3 aromatic rings. The van der Waals surface area contributed by atoms with Gasteiger partial charge in [0.05, 0.1) is 18.8 Å². The fraction of sp³-hybridized carbons (Fsp3) is 0.182. The summed E-state index contributed by atoms with van der Waals surface area (Å²) in [5.74, 6) is 0.0494. The van der Waals surface area contributed by atoms with Crippen LogP contribution in [0.15, 0.2) is 77.8 Å². The third kappa shape index (κ3) is 5.22. The molecule has 2 N–H and O–H groups in total. The lowest BCUT2D eigenvalue weighted by atomic mass is 10.1. The molecule has 7 nitrogen and oxygen atoms in total. The van der Waals surface area contributed by atoms with E-state index in [1.54, 1.807) is 48.7 Å². The largest absolute Gasteiger partial charge is 0.495 e. The number of hydrogen-bond acceptors (Lipinski definition) is 5. The van der Waals surface area contributed by atoms with Gasteiger partial charge >= 0.3 is 0 Å². The van der Waals surface area contributed by atoms with E-state index < -0.39 is 10.0 Å². The van der Waals surface area contributed by atoms with Crippen molar-refractivity contribution < 1.29 is 17.9 Å². The smallest absolute Gasteiger partial charge is 0.251 e. The zero-order valence-corrected chi connectivity index (χ0v) is 17.5. The Morgan fingerprint density at radius 2 is 1.73 bits per heavy atom. The summed E-state index contributed by atoms with van der Waals surface area (Å²) in [5.41, 5.74) is 1.98. The first-order chi connectivity index (χ1) is 14.4. The average Bonchev–Trinajstić information content (AvgIpc) is 2.78. The van der Waals surface area contributed by atoms with Gasteiger partial charge in [0.2, 0.25) is 10.0 Å². The van der Waals surface area contributed by atoms with Crippen molar-refractivity contribution >= 4 is 15.9 Å². The summed E-state index contributed by atoms with van der Waals surface area (Å²) >= 11 is 0. The molecule has 0 aliphatic carbocycles. The van der Waals surface area contributed by atoms with Crippen LogP contribution in [0.4, 0.5) is 0 Å². The number of ether oxygens (including phenoxy) is 1. The van der Waals surface area contributed by atoms with Gasteiger partial charge in [-0.25, -0.2) is 13.1 Å². The molecule has 1 amide bonds. The van der Waals surface area contributed by atoms with Crippen LogP contribution < -0.4 is 14.8 Å². The van der Waals surface area contributed by atoms with Crippen molar-refractivity contribution in [3.63, 3.8) is 0 Å². The Labute approximate surface area is 176 Å². The lowest BCUT2D eigenvalue weighted by Crippen LogP contribution is -2.27. The molecule has 8 heteroatoms. The Bertz CT molecular complexity index is 1100. The fourth-order valence-corrected chi connectivity index (χ4v) is 4.04. The van der Waals surface area contributed by atoms with Crippen molar-refractivity contribution in [2.24, 2.45) is 0 Å². The summed E-state index contributed by atoms with van der Waals surface area (Å²) < 4.78 is 32.8. The number of pyridine rings is 1. The number of hydrogen-bond donors (Lipinski definition) is 2. The molecular formula is C22H23N3O4S. The number of para-hydroxylation sites is 1. The second kappa shape index (κ2) is 9.51. The molecule has 0 saturated carbocycles. The molecule has 0 fully saturated rings. The molecule has 0 saturated heterocycles. The molecule has 1 atom stereocenters. The van der Waals surface area contributed by atoms with Crippen LogP contribution in [-0.4, -0.2) is 26.4 Å². The number of carbonyl (C=O) groups excluding carboxylic acids is 1. The van der Waals surface area contributed by atoms with Crippen LogP contribution in [0, 0.1) is 0 Å². The van der Waals surface area contributed by atoms with Gasteiger partial charge in [0.15, 0.2) is 0 Å². The number of aromatic nitrogens is 1. The first-order valence-electron chi connectivity index (χ1n) is 9.34. The second-order valence-electron chi connectivity index (χ2n) is 6.62. The molecule has 30 heavy (non-hydrogen) atoms. The van der Waals surface area contributed by atoms with Gasteiger partial charge in [-0.1, -0.05) is 30.3 Å². The molecule has 0 aliphatic rings. The zero-order valence-electron chi connectivity index (χ0n) is 16.7. The van der Waals surface area contributed by atoms with Crippen molar-refractivity contribution in [2.45, 2.75) is 24.4 Å². The monoisotopic (exact) mass is 425 g/mol. The van der Waals surface area contributed by atoms with E-state index in [-0.39, 0.29) is 29.1 Å². The Morgan fingerprint density at radius 1 is 1.03 bits per heavy atom. The van der Waals surface area contributed by atoms with Crippen LogP contribution in [0.1, 0.15) is 34.6 Å². The quantitative estimate of drug-likeness (QED) is 0.578. The van der Waals surface area contributed by atoms with Crippen LogP contribution >= 0.6 is 0 Å². The summed E-state index contributed by atoms with van der Waals surface area (Å²) in [6.45, 7) is 1.95. The molecule has 0 spiro atoms. The van der Waals surface area contributed by atoms with Crippen molar-refractivity contribution in [3.05, 3.63) is 89.7 Å². The van der Waals surface area contributed by atoms with Crippen LogP contribution in [-0.2, 0) is 16.6 Å². The first kappa shape index (κ1) is 21.5. The fourth-order valence-electron chi connectivity index (χ4n) is 2.86. The van der Waals surface area contributed by atoms with Crippen LogP contribution in [0.2, 0.25) is 0 Å². The predicted molar refractivity (Wildman–Crippen MR) is 114 cm³/mol. The summed E-state index contributed by atoms with van der Waals surface area (Å²) in [5, 5.41) is 2.90. The topological polar surface area (TPSA) is 97.4 Å². The number of nitrogens with one attached hydrogen (secondary N) is 2. The summed E-state index contributed by atoms with van der Waals surface area (Å²) in [4.78, 5) is 16.8. The van der Waals surface area contributed by atoms with Gasteiger partial charge in [0, 0.05) is 18.3 Å².